The molecule has 15 heavy (non-hydrogen) atoms. The van der Waals surface area contributed by atoms with Crippen LogP contribution in [0.4, 0.5) is 0 Å². The molecule has 0 unspecified atom stereocenters. The van der Waals surface area contributed by atoms with Crippen molar-refractivity contribution in [2.24, 2.45) is 5.92 Å². The molecule has 0 amide bonds. The van der Waals surface area contributed by atoms with Crippen LogP contribution in [0, 0.1) is 5.92 Å². The fourth-order valence-electron chi connectivity index (χ4n) is 1.66. The van der Waals surface area contributed by atoms with E-state index < -0.39 is 0 Å². The Balaban J connectivity index is 1.83. The van der Waals surface area contributed by atoms with Crippen molar-refractivity contribution in [1.29, 1.82) is 0 Å². The van der Waals surface area contributed by atoms with Gasteiger partial charge in [-0.25, -0.2) is 0 Å². The molecule has 3 heteroatoms. The molecule has 0 spiro atoms. The van der Waals surface area contributed by atoms with Crippen molar-refractivity contribution in [3.63, 3.8) is 0 Å². The van der Waals surface area contributed by atoms with Crippen LogP contribution in [0.2, 0.25) is 0 Å². The summed E-state index contributed by atoms with van der Waals surface area (Å²) >= 11 is 2.08. The van der Waals surface area contributed by atoms with Crippen molar-refractivity contribution in [3.8, 4) is 0 Å². The van der Waals surface area contributed by atoms with Crippen LogP contribution in [0.1, 0.15) is 33.1 Å². The first-order valence-electron chi connectivity index (χ1n) is 6.18. The van der Waals surface area contributed by atoms with Gasteiger partial charge in [0.1, 0.15) is 0 Å². The molecule has 1 N–H and O–H groups in total. The third kappa shape index (κ3) is 7.20. The predicted molar refractivity (Wildman–Crippen MR) is 68.6 cm³/mol. The topological polar surface area (TPSA) is 21.3 Å². The van der Waals surface area contributed by atoms with Crippen molar-refractivity contribution in [2.45, 2.75) is 39.2 Å². The van der Waals surface area contributed by atoms with Crippen molar-refractivity contribution in [3.05, 3.63) is 0 Å². The van der Waals surface area contributed by atoms with Crippen LogP contribution in [0.5, 0.6) is 0 Å². The van der Waals surface area contributed by atoms with E-state index in [0.29, 0.717) is 6.04 Å². The second kappa shape index (κ2) is 8.43. The van der Waals surface area contributed by atoms with Gasteiger partial charge in [-0.05, 0) is 30.9 Å². The molecular formula is C12H25NOS. The summed E-state index contributed by atoms with van der Waals surface area (Å²) in [5.41, 5.74) is 0. The van der Waals surface area contributed by atoms with Gasteiger partial charge >= 0.3 is 0 Å². The molecule has 1 aliphatic rings. The van der Waals surface area contributed by atoms with Gasteiger partial charge in [0.25, 0.3) is 0 Å². The first kappa shape index (κ1) is 13.3. The number of thioether (sulfide) groups is 1. The minimum absolute atomic E-state index is 0.712. The molecule has 1 rings (SSSR count). The van der Waals surface area contributed by atoms with Gasteiger partial charge in [0.05, 0.1) is 0 Å². The Bertz CT molecular complexity index is 147. The zero-order chi connectivity index (χ0) is 10.9. The Kier molecular flexibility index (Phi) is 7.49. The molecule has 1 fully saturated rings. The van der Waals surface area contributed by atoms with Gasteiger partial charge in [-0.1, -0.05) is 13.8 Å². The average Bonchev–Trinajstić information content (AvgIpc) is 2.24. The average molecular weight is 231 g/mol. The van der Waals surface area contributed by atoms with Crippen molar-refractivity contribution in [1.82, 2.24) is 5.32 Å². The lowest BCUT2D eigenvalue weighted by Crippen LogP contribution is -2.36. The Morgan fingerprint density at radius 3 is 2.67 bits per heavy atom. The fourth-order valence-corrected chi connectivity index (χ4v) is 2.76. The Morgan fingerprint density at radius 2 is 2.00 bits per heavy atom. The molecule has 0 bridgehead atoms. The SMILES string of the molecule is CC(C)CCSCCNC1CCOCC1. The predicted octanol–water partition coefficient (Wildman–Crippen LogP) is 2.53. The minimum atomic E-state index is 0.712. The van der Waals surface area contributed by atoms with Crippen LogP contribution >= 0.6 is 11.8 Å². The van der Waals surface area contributed by atoms with E-state index in [0.717, 1.165) is 25.7 Å². The van der Waals surface area contributed by atoms with E-state index in [9.17, 15) is 0 Å². The standard InChI is InChI=1S/C12H25NOS/c1-11(2)5-9-15-10-6-13-12-3-7-14-8-4-12/h11-13H,3-10H2,1-2H3. The van der Waals surface area contributed by atoms with E-state index in [1.54, 1.807) is 0 Å². The monoisotopic (exact) mass is 231 g/mol. The Labute approximate surface area is 98.5 Å². The fraction of sp³-hybridized carbons (Fsp3) is 1.00. The number of hydrogen-bond acceptors (Lipinski definition) is 3. The van der Waals surface area contributed by atoms with Crippen LogP contribution in [0.25, 0.3) is 0 Å². The maximum Gasteiger partial charge on any atom is 0.0480 e. The number of ether oxygens (including phenoxy) is 1. The van der Waals surface area contributed by atoms with Crippen LogP contribution < -0.4 is 5.32 Å². The van der Waals surface area contributed by atoms with Crippen LogP contribution in [-0.2, 0) is 4.74 Å². The summed E-state index contributed by atoms with van der Waals surface area (Å²) in [6.45, 7) is 7.63. The smallest absolute Gasteiger partial charge is 0.0480 e. The van der Waals surface area contributed by atoms with Crippen molar-refractivity contribution in [2.75, 3.05) is 31.3 Å². The molecular weight excluding hydrogens is 206 g/mol. The Hall–Kier alpha value is 0.270. The third-order valence-electron chi connectivity index (χ3n) is 2.74. The van der Waals surface area contributed by atoms with Gasteiger partial charge < -0.3 is 10.1 Å². The molecule has 0 radical (unpaired) electrons. The second-order valence-corrected chi connectivity index (χ2v) is 5.86. The summed E-state index contributed by atoms with van der Waals surface area (Å²) in [5, 5.41) is 3.61. The highest BCUT2D eigenvalue weighted by Crippen LogP contribution is 2.09. The molecule has 90 valence electrons. The summed E-state index contributed by atoms with van der Waals surface area (Å²) in [6.07, 6.45) is 3.73. The van der Waals surface area contributed by atoms with Crippen LogP contribution in [-0.4, -0.2) is 37.3 Å². The van der Waals surface area contributed by atoms with Crippen molar-refractivity contribution < 1.29 is 4.74 Å². The highest BCUT2D eigenvalue weighted by atomic mass is 32.2. The van der Waals surface area contributed by atoms with Gasteiger partial charge in [0.15, 0.2) is 0 Å². The van der Waals surface area contributed by atoms with Crippen LogP contribution in [0.3, 0.4) is 0 Å². The van der Waals surface area contributed by atoms with E-state index in [2.05, 4.69) is 30.9 Å². The lowest BCUT2D eigenvalue weighted by atomic mass is 10.1. The lowest BCUT2D eigenvalue weighted by Gasteiger charge is -2.23. The van der Waals surface area contributed by atoms with E-state index in [4.69, 9.17) is 4.74 Å². The quantitative estimate of drug-likeness (QED) is 0.680. The highest BCUT2D eigenvalue weighted by Gasteiger charge is 2.11. The zero-order valence-corrected chi connectivity index (χ0v) is 10.9. The summed E-state index contributed by atoms with van der Waals surface area (Å²) in [5.74, 6) is 3.41. The van der Waals surface area contributed by atoms with Gasteiger partial charge in [0.2, 0.25) is 0 Å². The molecule has 0 aromatic rings. The number of rotatable bonds is 7. The number of hydrogen-bond donors (Lipinski definition) is 1. The normalized spacial score (nSPS) is 18.6. The summed E-state index contributed by atoms with van der Waals surface area (Å²) < 4.78 is 5.33. The summed E-state index contributed by atoms with van der Waals surface area (Å²) in [7, 11) is 0. The first-order chi connectivity index (χ1) is 7.29. The van der Waals surface area contributed by atoms with E-state index >= 15 is 0 Å². The van der Waals surface area contributed by atoms with E-state index in [1.165, 1.54) is 30.8 Å². The molecule has 2 nitrogen and oxygen atoms in total. The largest absolute Gasteiger partial charge is 0.381 e. The van der Waals surface area contributed by atoms with Gasteiger partial charge in [-0.15, -0.1) is 0 Å². The summed E-state index contributed by atoms with van der Waals surface area (Å²) in [6, 6.07) is 0.712. The molecule has 0 saturated carbocycles. The molecule has 1 aliphatic heterocycles. The molecule has 0 aromatic carbocycles. The molecule has 0 aromatic heterocycles. The van der Waals surface area contributed by atoms with E-state index in [1.807, 2.05) is 0 Å². The summed E-state index contributed by atoms with van der Waals surface area (Å²) in [4.78, 5) is 0. The Morgan fingerprint density at radius 1 is 1.27 bits per heavy atom. The lowest BCUT2D eigenvalue weighted by molar-refractivity contribution is 0.0786. The molecule has 1 saturated heterocycles. The van der Waals surface area contributed by atoms with E-state index in [-0.39, 0.29) is 0 Å². The third-order valence-corrected chi connectivity index (χ3v) is 3.76. The minimum Gasteiger partial charge on any atom is -0.381 e. The van der Waals surface area contributed by atoms with Gasteiger partial charge in [0, 0.05) is 31.6 Å². The zero-order valence-electron chi connectivity index (χ0n) is 10.1. The van der Waals surface area contributed by atoms with Crippen LogP contribution in [0.15, 0.2) is 0 Å². The van der Waals surface area contributed by atoms with Gasteiger partial charge in [-0.2, -0.15) is 11.8 Å². The highest BCUT2D eigenvalue weighted by molar-refractivity contribution is 7.99. The maximum atomic E-state index is 5.33. The van der Waals surface area contributed by atoms with Crippen molar-refractivity contribution >= 4 is 11.8 Å². The molecule has 0 atom stereocenters. The maximum absolute atomic E-state index is 5.33. The van der Waals surface area contributed by atoms with Gasteiger partial charge in [-0.3, -0.25) is 0 Å². The number of nitrogens with one attached hydrogen (secondary N) is 1. The molecule has 1 heterocycles. The second-order valence-electron chi connectivity index (χ2n) is 4.64. The molecule has 0 aliphatic carbocycles. The first-order valence-corrected chi connectivity index (χ1v) is 7.33.